The van der Waals surface area contributed by atoms with Crippen LogP contribution < -0.4 is 0 Å². The molecular formula is C16H24N2O3. The van der Waals surface area contributed by atoms with Gasteiger partial charge in [-0.2, -0.15) is 0 Å². The second-order valence-corrected chi connectivity index (χ2v) is 7.57. The number of carbonyl (C=O) groups is 1. The second kappa shape index (κ2) is 4.82. The highest BCUT2D eigenvalue weighted by Gasteiger charge is 2.56. The smallest absolute Gasteiger partial charge is 0.312 e. The minimum Gasteiger partial charge on any atom is -0.469 e. The third-order valence-corrected chi connectivity index (χ3v) is 5.21. The van der Waals surface area contributed by atoms with Crippen LogP contribution in [-0.4, -0.2) is 23.3 Å². The summed E-state index contributed by atoms with van der Waals surface area (Å²) in [5, 5.41) is 8.46. The number of carbonyl (C=O) groups excluding carboxylic acids is 1. The van der Waals surface area contributed by atoms with Crippen LogP contribution >= 0.6 is 0 Å². The Morgan fingerprint density at radius 1 is 1.29 bits per heavy atom. The number of rotatable bonds is 2. The lowest BCUT2D eigenvalue weighted by atomic mass is 9.55. The summed E-state index contributed by atoms with van der Waals surface area (Å²) in [6, 6.07) is 0. The molecule has 0 aromatic carbocycles. The molecule has 1 heterocycles. The highest BCUT2D eigenvalue weighted by atomic mass is 16.5. The quantitative estimate of drug-likeness (QED) is 0.783. The molecule has 0 aliphatic heterocycles. The van der Waals surface area contributed by atoms with Gasteiger partial charge in [0.2, 0.25) is 11.8 Å². The summed E-state index contributed by atoms with van der Waals surface area (Å²) in [6.45, 7) is 6.15. The topological polar surface area (TPSA) is 65.2 Å². The van der Waals surface area contributed by atoms with Gasteiger partial charge >= 0.3 is 5.97 Å². The molecule has 0 saturated heterocycles. The van der Waals surface area contributed by atoms with E-state index >= 15 is 0 Å². The summed E-state index contributed by atoms with van der Waals surface area (Å²) >= 11 is 0. The first-order chi connectivity index (χ1) is 9.87. The second-order valence-electron chi connectivity index (χ2n) is 7.57. The third-order valence-electron chi connectivity index (χ3n) is 5.21. The van der Waals surface area contributed by atoms with Gasteiger partial charge in [0.1, 0.15) is 0 Å². The maximum Gasteiger partial charge on any atom is 0.312 e. The molecular weight excluding hydrogens is 268 g/mol. The molecule has 116 valence electrons. The van der Waals surface area contributed by atoms with Crippen LogP contribution in [0.15, 0.2) is 4.42 Å². The van der Waals surface area contributed by atoms with Crippen molar-refractivity contribution in [1.82, 2.24) is 10.2 Å². The molecule has 0 spiro atoms. The Bertz CT molecular complexity index is 536. The molecule has 3 aliphatic rings. The van der Waals surface area contributed by atoms with Crippen LogP contribution in [0.2, 0.25) is 0 Å². The third kappa shape index (κ3) is 2.27. The molecule has 0 radical (unpaired) electrons. The van der Waals surface area contributed by atoms with Gasteiger partial charge in [0.05, 0.1) is 18.4 Å². The summed E-state index contributed by atoms with van der Waals surface area (Å²) in [4.78, 5) is 12.4. The van der Waals surface area contributed by atoms with Crippen LogP contribution in [0.25, 0.3) is 0 Å². The minimum absolute atomic E-state index is 0.0149. The lowest BCUT2D eigenvalue weighted by Gasteiger charge is -2.48. The molecule has 3 saturated carbocycles. The van der Waals surface area contributed by atoms with Crippen LogP contribution in [0, 0.1) is 11.3 Å². The normalized spacial score (nSPS) is 32.2. The Morgan fingerprint density at radius 2 is 1.95 bits per heavy atom. The molecule has 3 fully saturated rings. The maximum absolute atomic E-state index is 12.4. The first kappa shape index (κ1) is 14.5. The van der Waals surface area contributed by atoms with Gasteiger partial charge in [-0.3, -0.25) is 4.79 Å². The van der Waals surface area contributed by atoms with Crippen LogP contribution in [0.3, 0.4) is 0 Å². The largest absolute Gasteiger partial charge is 0.469 e. The Kier molecular flexibility index (Phi) is 3.34. The number of hydrogen-bond donors (Lipinski definition) is 0. The number of nitrogens with zero attached hydrogens (tertiary/aromatic N) is 2. The van der Waals surface area contributed by atoms with Crippen molar-refractivity contribution >= 4 is 5.97 Å². The summed E-state index contributed by atoms with van der Waals surface area (Å²) in [7, 11) is 1.48. The van der Waals surface area contributed by atoms with Crippen LogP contribution in [0.5, 0.6) is 0 Å². The van der Waals surface area contributed by atoms with Crippen molar-refractivity contribution in [1.29, 1.82) is 0 Å². The molecule has 5 heteroatoms. The predicted molar refractivity (Wildman–Crippen MR) is 76.8 cm³/mol. The van der Waals surface area contributed by atoms with E-state index in [0.29, 0.717) is 17.7 Å². The fourth-order valence-corrected chi connectivity index (χ4v) is 3.90. The zero-order valence-electron chi connectivity index (χ0n) is 13.3. The highest BCUT2D eigenvalue weighted by Crippen LogP contribution is 2.58. The van der Waals surface area contributed by atoms with Gasteiger partial charge in [-0.15, -0.1) is 10.2 Å². The van der Waals surface area contributed by atoms with Crippen molar-refractivity contribution in [3.63, 3.8) is 0 Å². The Morgan fingerprint density at radius 3 is 2.48 bits per heavy atom. The van der Waals surface area contributed by atoms with Crippen LogP contribution in [0.4, 0.5) is 0 Å². The van der Waals surface area contributed by atoms with Crippen molar-refractivity contribution in [3.05, 3.63) is 11.8 Å². The van der Waals surface area contributed by atoms with Crippen LogP contribution in [0.1, 0.15) is 70.6 Å². The van der Waals surface area contributed by atoms with E-state index in [1.807, 2.05) is 20.8 Å². The van der Waals surface area contributed by atoms with Crippen molar-refractivity contribution < 1.29 is 13.9 Å². The van der Waals surface area contributed by atoms with Crippen molar-refractivity contribution in [2.24, 2.45) is 11.3 Å². The maximum atomic E-state index is 12.4. The van der Waals surface area contributed by atoms with Gasteiger partial charge in [0, 0.05) is 5.41 Å². The van der Waals surface area contributed by atoms with Gasteiger partial charge in [0.15, 0.2) is 0 Å². The summed E-state index contributed by atoms with van der Waals surface area (Å²) < 4.78 is 11.0. The Labute approximate surface area is 125 Å². The zero-order valence-corrected chi connectivity index (χ0v) is 13.3. The van der Waals surface area contributed by atoms with Gasteiger partial charge in [-0.05, 0) is 38.0 Å². The van der Waals surface area contributed by atoms with Gasteiger partial charge < -0.3 is 9.15 Å². The minimum atomic E-state index is -0.453. The number of methoxy groups -OCH3 is 1. The summed E-state index contributed by atoms with van der Waals surface area (Å²) in [5.41, 5.74) is -0.622. The van der Waals surface area contributed by atoms with Crippen molar-refractivity contribution in [2.45, 2.75) is 64.2 Å². The molecule has 3 aliphatic carbocycles. The van der Waals surface area contributed by atoms with Gasteiger partial charge in [-0.1, -0.05) is 20.8 Å². The van der Waals surface area contributed by atoms with E-state index in [9.17, 15) is 4.79 Å². The number of esters is 1. The summed E-state index contributed by atoms with van der Waals surface area (Å²) in [5.74, 6) is 1.84. The number of hydrogen-bond acceptors (Lipinski definition) is 5. The fourth-order valence-electron chi connectivity index (χ4n) is 3.90. The average molecular weight is 292 g/mol. The van der Waals surface area contributed by atoms with Crippen molar-refractivity contribution in [2.75, 3.05) is 7.11 Å². The molecule has 1 atom stereocenters. The molecule has 4 rings (SSSR count). The van der Waals surface area contributed by atoms with E-state index in [1.165, 1.54) is 7.11 Å². The SMILES string of the molecule is COC(=O)C12CCC(CC1)CC2c1nnc(C(C)(C)C)o1. The number of ether oxygens (including phenoxy) is 1. The van der Waals surface area contributed by atoms with E-state index in [0.717, 1.165) is 32.1 Å². The first-order valence-corrected chi connectivity index (χ1v) is 7.79. The fraction of sp³-hybridized carbons (Fsp3) is 0.812. The molecule has 0 N–H and O–H groups in total. The Hall–Kier alpha value is -1.39. The standard InChI is InChI=1S/C16H24N2O3/c1-15(2,3)13-18-17-12(21-13)11-9-10-5-7-16(11,8-6-10)14(19)20-4/h10-11H,5-9H2,1-4H3. The van der Waals surface area contributed by atoms with Crippen molar-refractivity contribution in [3.8, 4) is 0 Å². The highest BCUT2D eigenvalue weighted by molar-refractivity contribution is 5.78. The van der Waals surface area contributed by atoms with E-state index in [1.54, 1.807) is 0 Å². The van der Waals surface area contributed by atoms with E-state index in [2.05, 4.69) is 10.2 Å². The lowest BCUT2D eigenvalue weighted by molar-refractivity contribution is -0.162. The van der Waals surface area contributed by atoms with Crippen LogP contribution in [-0.2, 0) is 14.9 Å². The monoisotopic (exact) mass is 292 g/mol. The number of aromatic nitrogens is 2. The molecule has 0 amide bonds. The average Bonchev–Trinajstić information content (AvgIpc) is 2.97. The predicted octanol–water partition coefficient (Wildman–Crippen LogP) is 3.20. The van der Waals surface area contributed by atoms with E-state index in [-0.39, 0.29) is 17.3 Å². The zero-order chi connectivity index (χ0) is 15.3. The van der Waals surface area contributed by atoms with E-state index in [4.69, 9.17) is 9.15 Å². The van der Waals surface area contributed by atoms with Gasteiger partial charge in [-0.25, -0.2) is 0 Å². The number of fused-ring (bicyclic) bond motifs is 3. The Balaban J connectivity index is 1.96. The lowest BCUT2D eigenvalue weighted by Crippen LogP contribution is -2.47. The molecule has 21 heavy (non-hydrogen) atoms. The molecule has 1 unspecified atom stereocenters. The molecule has 5 nitrogen and oxygen atoms in total. The molecule has 1 aromatic heterocycles. The first-order valence-electron chi connectivity index (χ1n) is 7.79. The molecule has 2 bridgehead atoms. The molecule has 1 aromatic rings. The summed E-state index contributed by atoms with van der Waals surface area (Å²) in [6.07, 6.45) is 4.92. The van der Waals surface area contributed by atoms with E-state index < -0.39 is 5.41 Å². The van der Waals surface area contributed by atoms with Gasteiger partial charge in [0.25, 0.3) is 0 Å².